The summed E-state index contributed by atoms with van der Waals surface area (Å²) in [6.45, 7) is 1.03. The molecule has 34 heavy (non-hydrogen) atoms. The van der Waals surface area contributed by atoms with Crippen LogP contribution in [0.2, 0.25) is 0 Å². The summed E-state index contributed by atoms with van der Waals surface area (Å²) >= 11 is 0. The average Bonchev–Trinajstić information content (AvgIpc) is 3.22. The van der Waals surface area contributed by atoms with Crippen LogP contribution < -0.4 is 9.64 Å². The standard InChI is InChI=1S/C24H24FN5O3S/c1-28(13-17-3-9-21(33-2)10-4-17)34(31,32)22-15-29(16-22)24-11-23-18(12-26-24)14-30(27-23)20-7-5-19(25)6-8-20/h3-12,14,22H,13,15-16H2,1-2H3. The van der Waals surface area contributed by atoms with Crippen LogP contribution in [0.1, 0.15) is 5.56 Å². The molecule has 1 aliphatic rings. The van der Waals surface area contributed by atoms with E-state index < -0.39 is 15.3 Å². The van der Waals surface area contributed by atoms with Crippen molar-refractivity contribution in [2.24, 2.45) is 0 Å². The van der Waals surface area contributed by atoms with Crippen molar-refractivity contribution in [2.45, 2.75) is 11.8 Å². The van der Waals surface area contributed by atoms with E-state index in [1.165, 1.54) is 16.4 Å². The third-order valence-corrected chi connectivity index (χ3v) is 8.20. The number of halogens is 1. The van der Waals surface area contributed by atoms with Gasteiger partial charge in [0.05, 0.1) is 18.3 Å². The van der Waals surface area contributed by atoms with E-state index in [0.29, 0.717) is 25.5 Å². The molecule has 1 aliphatic heterocycles. The molecule has 1 saturated heterocycles. The van der Waals surface area contributed by atoms with Gasteiger partial charge in [0, 0.05) is 50.5 Å². The van der Waals surface area contributed by atoms with Crippen LogP contribution in [-0.4, -0.2) is 60.0 Å². The van der Waals surface area contributed by atoms with E-state index in [1.807, 2.05) is 41.4 Å². The zero-order valence-electron chi connectivity index (χ0n) is 18.8. The molecule has 2 aromatic heterocycles. The monoisotopic (exact) mass is 481 g/mol. The van der Waals surface area contributed by atoms with Crippen LogP contribution in [0, 0.1) is 5.82 Å². The van der Waals surface area contributed by atoms with Gasteiger partial charge in [0.25, 0.3) is 0 Å². The van der Waals surface area contributed by atoms with Crippen molar-refractivity contribution in [1.82, 2.24) is 19.1 Å². The van der Waals surface area contributed by atoms with Gasteiger partial charge < -0.3 is 9.64 Å². The number of hydrogen-bond donors (Lipinski definition) is 0. The Morgan fingerprint density at radius 3 is 2.50 bits per heavy atom. The number of rotatable bonds is 7. The van der Waals surface area contributed by atoms with Crippen molar-refractivity contribution in [2.75, 3.05) is 32.1 Å². The fourth-order valence-electron chi connectivity index (χ4n) is 3.95. The highest BCUT2D eigenvalue weighted by Crippen LogP contribution is 2.27. The minimum Gasteiger partial charge on any atom is -0.497 e. The Morgan fingerprint density at radius 2 is 1.82 bits per heavy atom. The highest BCUT2D eigenvalue weighted by molar-refractivity contribution is 7.89. The van der Waals surface area contributed by atoms with Crippen molar-refractivity contribution in [1.29, 1.82) is 0 Å². The lowest BCUT2D eigenvalue weighted by Crippen LogP contribution is -2.58. The van der Waals surface area contributed by atoms with Crippen LogP contribution in [0.5, 0.6) is 5.75 Å². The second-order valence-electron chi connectivity index (χ2n) is 8.33. The Balaban J connectivity index is 1.25. The molecule has 0 bridgehead atoms. The van der Waals surface area contributed by atoms with Crippen molar-refractivity contribution in [3.63, 3.8) is 0 Å². The van der Waals surface area contributed by atoms with E-state index in [2.05, 4.69) is 10.1 Å². The summed E-state index contributed by atoms with van der Waals surface area (Å²) in [5, 5.41) is 4.91. The van der Waals surface area contributed by atoms with Crippen LogP contribution >= 0.6 is 0 Å². The van der Waals surface area contributed by atoms with Gasteiger partial charge >= 0.3 is 0 Å². The van der Waals surface area contributed by atoms with E-state index in [4.69, 9.17) is 4.74 Å². The molecule has 176 valence electrons. The fourth-order valence-corrected chi connectivity index (χ4v) is 5.53. The maximum Gasteiger partial charge on any atom is 0.220 e. The van der Waals surface area contributed by atoms with Gasteiger partial charge in [0.15, 0.2) is 0 Å². The first kappa shape index (κ1) is 22.3. The van der Waals surface area contributed by atoms with Gasteiger partial charge in [-0.1, -0.05) is 12.1 Å². The van der Waals surface area contributed by atoms with Gasteiger partial charge in [-0.15, -0.1) is 0 Å². The smallest absolute Gasteiger partial charge is 0.220 e. The number of aromatic nitrogens is 3. The normalized spacial score (nSPS) is 14.5. The van der Waals surface area contributed by atoms with Crippen molar-refractivity contribution in [3.8, 4) is 11.4 Å². The third-order valence-electron chi connectivity index (χ3n) is 6.06. The topological polar surface area (TPSA) is 80.6 Å². The lowest BCUT2D eigenvalue weighted by atomic mass is 10.2. The number of methoxy groups -OCH3 is 1. The molecule has 0 N–H and O–H groups in total. The van der Waals surface area contributed by atoms with Gasteiger partial charge in [0.2, 0.25) is 10.0 Å². The number of sulfonamides is 1. The minimum absolute atomic E-state index is 0.299. The average molecular weight is 482 g/mol. The number of ether oxygens (including phenoxy) is 1. The molecule has 5 rings (SSSR count). The lowest BCUT2D eigenvalue weighted by molar-refractivity contribution is 0.414. The summed E-state index contributed by atoms with van der Waals surface area (Å²) in [7, 11) is -0.252. The van der Waals surface area contributed by atoms with E-state index >= 15 is 0 Å². The van der Waals surface area contributed by atoms with E-state index in [9.17, 15) is 12.8 Å². The molecule has 0 amide bonds. The maximum absolute atomic E-state index is 13.2. The second kappa shape index (κ2) is 8.69. The molecule has 10 heteroatoms. The number of benzene rings is 2. The summed E-state index contributed by atoms with van der Waals surface area (Å²) in [6.07, 6.45) is 3.55. The molecule has 0 aliphatic carbocycles. The Kier molecular flexibility index (Phi) is 5.70. The molecule has 0 unspecified atom stereocenters. The zero-order chi connectivity index (χ0) is 23.9. The first-order chi connectivity index (χ1) is 16.3. The molecular weight excluding hydrogens is 457 g/mol. The lowest BCUT2D eigenvalue weighted by Gasteiger charge is -2.40. The predicted molar refractivity (Wildman–Crippen MR) is 128 cm³/mol. The Bertz CT molecular complexity index is 1420. The Labute approximate surface area is 197 Å². The van der Waals surface area contributed by atoms with Crippen LogP contribution in [0.25, 0.3) is 16.6 Å². The number of fused-ring (bicyclic) bond motifs is 1. The van der Waals surface area contributed by atoms with Crippen molar-refractivity contribution in [3.05, 3.63) is 78.4 Å². The Morgan fingerprint density at radius 1 is 1.12 bits per heavy atom. The molecule has 0 spiro atoms. The van der Waals surface area contributed by atoms with Gasteiger partial charge in [0.1, 0.15) is 22.6 Å². The molecule has 2 aromatic carbocycles. The van der Waals surface area contributed by atoms with Crippen LogP contribution in [0.4, 0.5) is 10.2 Å². The van der Waals surface area contributed by atoms with Crippen LogP contribution in [0.3, 0.4) is 0 Å². The quantitative estimate of drug-likeness (QED) is 0.403. The first-order valence-electron chi connectivity index (χ1n) is 10.8. The van der Waals surface area contributed by atoms with Crippen molar-refractivity contribution >= 4 is 26.7 Å². The third kappa shape index (κ3) is 4.22. The molecular formula is C24H24FN5O3S. The molecule has 4 aromatic rings. The van der Waals surface area contributed by atoms with Gasteiger partial charge in [-0.2, -0.15) is 5.10 Å². The summed E-state index contributed by atoms with van der Waals surface area (Å²) < 4.78 is 47.5. The van der Waals surface area contributed by atoms with Gasteiger partial charge in [-0.3, -0.25) is 0 Å². The van der Waals surface area contributed by atoms with Gasteiger partial charge in [-0.05, 0) is 42.0 Å². The molecule has 1 fully saturated rings. The molecule has 0 atom stereocenters. The highest BCUT2D eigenvalue weighted by atomic mass is 32.2. The molecule has 0 radical (unpaired) electrons. The van der Waals surface area contributed by atoms with Crippen molar-refractivity contribution < 1.29 is 17.5 Å². The summed E-state index contributed by atoms with van der Waals surface area (Å²) in [5.41, 5.74) is 2.37. The van der Waals surface area contributed by atoms with E-state index in [1.54, 1.807) is 37.2 Å². The summed E-state index contributed by atoms with van der Waals surface area (Å²) in [5.74, 6) is 1.11. The first-order valence-corrected chi connectivity index (χ1v) is 12.3. The fraction of sp³-hybridized carbons (Fsp3) is 0.250. The number of nitrogens with zero attached hydrogens (tertiary/aromatic N) is 5. The number of pyridine rings is 1. The maximum atomic E-state index is 13.2. The summed E-state index contributed by atoms with van der Waals surface area (Å²) in [4.78, 5) is 6.42. The largest absolute Gasteiger partial charge is 0.497 e. The second-order valence-corrected chi connectivity index (χ2v) is 10.6. The van der Waals surface area contributed by atoms with E-state index in [0.717, 1.165) is 27.9 Å². The molecule has 3 heterocycles. The number of hydrogen-bond acceptors (Lipinski definition) is 6. The number of anilines is 1. The molecule has 8 nitrogen and oxygen atoms in total. The van der Waals surface area contributed by atoms with E-state index in [-0.39, 0.29) is 5.82 Å². The summed E-state index contributed by atoms with van der Waals surface area (Å²) in [6, 6.07) is 15.3. The minimum atomic E-state index is -3.45. The van der Waals surface area contributed by atoms with Crippen LogP contribution in [0.15, 0.2) is 67.0 Å². The SMILES string of the molecule is COc1ccc(CN(C)S(=O)(=O)C2CN(c3cc4nn(-c5ccc(F)cc5)cc4cn3)C2)cc1. The predicted octanol–water partition coefficient (Wildman–Crippen LogP) is 3.22. The highest BCUT2D eigenvalue weighted by Gasteiger charge is 2.40. The zero-order valence-corrected chi connectivity index (χ0v) is 19.6. The van der Waals surface area contributed by atoms with Gasteiger partial charge in [-0.25, -0.2) is 26.8 Å². The Hall–Kier alpha value is -3.50. The molecule has 0 saturated carbocycles. The van der Waals surface area contributed by atoms with Crippen LogP contribution in [-0.2, 0) is 16.6 Å².